The van der Waals surface area contributed by atoms with Gasteiger partial charge in [-0.05, 0) is 18.1 Å². The molecule has 15 heavy (non-hydrogen) atoms. The molecule has 3 nitrogen and oxygen atoms in total. The van der Waals surface area contributed by atoms with Gasteiger partial charge in [-0.25, -0.2) is 0 Å². The van der Waals surface area contributed by atoms with Crippen LogP contribution in [0, 0.1) is 0 Å². The minimum absolute atomic E-state index is 0.0293. The van der Waals surface area contributed by atoms with Crippen LogP contribution in [0.15, 0.2) is 28.7 Å². The highest BCUT2D eigenvalue weighted by Crippen LogP contribution is 2.18. The van der Waals surface area contributed by atoms with E-state index in [1.807, 2.05) is 24.3 Å². The van der Waals surface area contributed by atoms with Crippen molar-refractivity contribution in [3.63, 3.8) is 0 Å². The Bertz CT molecular complexity index is 367. The minimum atomic E-state index is -0.0293. The summed E-state index contributed by atoms with van der Waals surface area (Å²) in [4.78, 5) is 11.1. The van der Waals surface area contributed by atoms with Crippen LogP contribution in [0.5, 0.6) is 0 Å². The van der Waals surface area contributed by atoms with Crippen LogP contribution in [-0.4, -0.2) is 25.2 Å². The van der Waals surface area contributed by atoms with E-state index in [4.69, 9.17) is 4.74 Å². The van der Waals surface area contributed by atoms with Gasteiger partial charge in [-0.2, -0.15) is 0 Å². The fraction of sp³-hybridized carbons (Fsp3) is 0.364. The maximum absolute atomic E-state index is 11.1. The first-order valence-electron chi connectivity index (χ1n) is 4.86. The molecule has 0 aromatic heterocycles. The van der Waals surface area contributed by atoms with E-state index in [0.717, 1.165) is 10.9 Å². The molecule has 1 heterocycles. The zero-order valence-electron chi connectivity index (χ0n) is 8.20. The fourth-order valence-electron chi connectivity index (χ4n) is 1.64. The van der Waals surface area contributed by atoms with Gasteiger partial charge in [0.05, 0.1) is 12.6 Å². The Labute approximate surface area is 96.9 Å². The van der Waals surface area contributed by atoms with E-state index in [2.05, 4.69) is 21.2 Å². The normalized spacial score (nSPS) is 21.1. The third kappa shape index (κ3) is 2.79. The second-order valence-electron chi connectivity index (χ2n) is 3.58. The van der Waals surface area contributed by atoms with Gasteiger partial charge in [-0.3, -0.25) is 4.79 Å². The zero-order chi connectivity index (χ0) is 10.7. The van der Waals surface area contributed by atoms with Crippen molar-refractivity contribution in [1.29, 1.82) is 0 Å². The standard InChI is InChI=1S/C11H12BrNO2/c12-10-4-2-1-3-8(10)5-9-6-15-7-11(14)13-9/h1-4,9H,5-7H2,(H,13,14). The molecule has 0 saturated carbocycles. The summed E-state index contributed by atoms with van der Waals surface area (Å²) in [6, 6.07) is 8.10. The lowest BCUT2D eigenvalue weighted by Gasteiger charge is -2.23. The molecule has 1 fully saturated rings. The SMILES string of the molecule is O=C1COCC(Cc2ccccc2Br)N1. The molecule has 0 aliphatic carbocycles. The quantitative estimate of drug-likeness (QED) is 0.884. The molecule has 1 aliphatic rings. The molecule has 1 amide bonds. The van der Waals surface area contributed by atoms with E-state index in [0.29, 0.717) is 6.61 Å². The predicted octanol–water partition coefficient (Wildman–Crippen LogP) is 1.51. The average molecular weight is 270 g/mol. The van der Waals surface area contributed by atoms with Gasteiger partial charge in [-0.1, -0.05) is 34.1 Å². The molecule has 4 heteroatoms. The van der Waals surface area contributed by atoms with E-state index >= 15 is 0 Å². The Hall–Kier alpha value is -0.870. The number of amides is 1. The molecule has 1 aromatic carbocycles. The number of hydrogen-bond acceptors (Lipinski definition) is 2. The summed E-state index contributed by atoms with van der Waals surface area (Å²) in [6.45, 7) is 0.777. The van der Waals surface area contributed by atoms with E-state index in [1.165, 1.54) is 5.56 Å². The second kappa shape index (κ2) is 4.77. The van der Waals surface area contributed by atoms with E-state index in [1.54, 1.807) is 0 Å². The van der Waals surface area contributed by atoms with Crippen molar-refractivity contribution in [2.45, 2.75) is 12.5 Å². The van der Waals surface area contributed by atoms with Crippen LogP contribution in [0.4, 0.5) is 0 Å². The molecule has 1 aliphatic heterocycles. The van der Waals surface area contributed by atoms with Crippen LogP contribution in [-0.2, 0) is 16.0 Å². The van der Waals surface area contributed by atoms with E-state index in [9.17, 15) is 4.79 Å². The van der Waals surface area contributed by atoms with Crippen molar-refractivity contribution in [2.75, 3.05) is 13.2 Å². The molecule has 1 N–H and O–H groups in total. The molecule has 0 bridgehead atoms. The number of carbonyl (C=O) groups is 1. The number of ether oxygens (including phenoxy) is 1. The summed E-state index contributed by atoms with van der Waals surface area (Å²) in [5, 5.41) is 2.91. The highest BCUT2D eigenvalue weighted by atomic mass is 79.9. The van der Waals surface area contributed by atoms with Crippen LogP contribution in [0.3, 0.4) is 0 Å². The van der Waals surface area contributed by atoms with Crippen molar-refractivity contribution >= 4 is 21.8 Å². The number of carbonyl (C=O) groups excluding carboxylic acids is 1. The number of morpholine rings is 1. The van der Waals surface area contributed by atoms with Gasteiger partial charge >= 0.3 is 0 Å². The Morgan fingerprint density at radius 2 is 2.27 bits per heavy atom. The van der Waals surface area contributed by atoms with Crippen LogP contribution in [0.1, 0.15) is 5.56 Å². The first kappa shape index (κ1) is 10.6. The molecule has 1 saturated heterocycles. The van der Waals surface area contributed by atoms with Crippen LogP contribution in [0.25, 0.3) is 0 Å². The smallest absolute Gasteiger partial charge is 0.246 e. The van der Waals surface area contributed by atoms with Crippen molar-refractivity contribution in [3.05, 3.63) is 34.3 Å². The molecule has 0 radical (unpaired) electrons. The van der Waals surface area contributed by atoms with Gasteiger partial charge in [0.15, 0.2) is 0 Å². The first-order valence-corrected chi connectivity index (χ1v) is 5.65. The molecule has 80 valence electrons. The number of nitrogens with one attached hydrogen (secondary N) is 1. The topological polar surface area (TPSA) is 38.3 Å². The van der Waals surface area contributed by atoms with E-state index in [-0.39, 0.29) is 18.6 Å². The number of halogens is 1. The third-order valence-corrected chi connectivity index (χ3v) is 3.12. The maximum Gasteiger partial charge on any atom is 0.246 e. The maximum atomic E-state index is 11.1. The number of hydrogen-bond donors (Lipinski definition) is 1. The molecule has 1 atom stereocenters. The third-order valence-electron chi connectivity index (χ3n) is 2.34. The average Bonchev–Trinajstić information content (AvgIpc) is 2.22. The van der Waals surface area contributed by atoms with Gasteiger partial charge in [0.2, 0.25) is 5.91 Å². The summed E-state index contributed by atoms with van der Waals surface area (Å²) in [6.07, 6.45) is 0.799. The Morgan fingerprint density at radius 3 is 3.00 bits per heavy atom. The fourth-order valence-corrected chi connectivity index (χ4v) is 2.09. The lowest BCUT2D eigenvalue weighted by atomic mass is 10.1. The monoisotopic (exact) mass is 269 g/mol. The van der Waals surface area contributed by atoms with E-state index < -0.39 is 0 Å². The lowest BCUT2D eigenvalue weighted by molar-refractivity contribution is -0.131. The van der Waals surface area contributed by atoms with Crippen molar-refractivity contribution in [1.82, 2.24) is 5.32 Å². The summed E-state index contributed by atoms with van der Waals surface area (Å²) in [5.74, 6) is -0.0293. The largest absolute Gasteiger partial charge is 0.369 e. The highest BCUT2D eigenvalue weighted by Gasteiger charge is 2.19. The van der Waals surface area contributed by atoms with Gasteiger partial charge in [0.1, 0.15) is 6.61 Å². The van der Waals surface area contributed by atoms with Crippen LogP contribution >= 0.6 is 15.9 Å². The molecule has 1 unspecified atom stereocenters. The van der Waals surface area contributed by atoms with Gasteiger partial charge in [0.25, 0.3) is 0 Å². The minimum Gasteiger partial charge on any atom is -0.369 e. The summed E-state index contributed by atoms with van der Waals surface area (Å²) < 4.78 is 6.25. The Balaban J connectivity index is 2.02. The summed E-state index contributed by atoms with van der Waals surface area (Å²) >= 11 is 3.48. The zero-order valence-corrected chi connectivity index (χ0v) is 9.79. The predicted molar refractivity (Wildman–Crippen MR) is 60.6 cm³/mol. The Morgan fingerprint density at radius 1 is 1.47 bits per heavy atom. The first-order chi connectivity index (χ1) is 7.25. The molecular formula is C11H12BrNO2. The summed E-state index contributed by atoms with van der Waals surface area (Å²) in [7, 11) is 0. The Kier molecular flexibility index (Phi) is 3.38. The second-order valence-corrected chi connectivity index (χ2v) is 4.43. The van der Waals surface area contributed by atoms with Crippen LogP contribution in [0.2, 0.25) is 0 Å². The molecule has 1 aromatic rings. The molecule has 0 spiro atoms. The lowest BCUT2D eigenvalue weighted by Crippen LogP contribution is -2.46. The highest BCUT2D eigenvalue weighted by molar-refractivity contribution is 9.10. The van der Waals surface area contributed by atoms with Crippen molar-refractivity contribution in [3.8, 4) is 0 Å². The summed E-state index contributed by atoms with van der Waals surface area (Å²) in [5.41, 5.74) is 1.19. The number of benzene rings is 1. The van der Waals surface area contributed by atoms with Gasteiger partial charge in [0, 0.05) is 4.47 Å². The van der Waals surface area contributed by atoms with Gasteiger partial charge in [-0.15, -0.1) is 0 Å². The molecule has 2 rings (SSSR count). The van der Waals surface area contributed by atoms with Crippen molar-refractivity contribution in [2.24, 2.45) is 0 Å². The van der Waals surface area contributed by atoms with Crippen molar-refractivity contribution < 1.29 is 9.53 Å². The molecular weight excluding hydrogens is 258 g/mol. The van der Waals surface area contributed by atoms with Crippen LogP contribution < -0.4 is 5.32 Å². The van der Waals surface area contributed by atoms with Gasteiger partial charge < -0.3 is 10.1 Å². The number of rotatable bonds is 2.